The van der Waals surface area contributed by atoms with Crippen molar-refractivity contribution in [3.63, 3.8) is 0 Å². The molecular weight excluding hydrogens is 260 g/mol. The van der Waals surface area contributed by atoms with Gasteiger partial charge < -0.3 is 11.1 Å². The second-order valence-electron chi connectivity index (χ2n) is 4.16. The molecule has 6 heteroatoms. The summed E-state index contributed by atoms with van der Waals surface area (Å²) in [5.41, 5.74) is 8.13. The minimum atomic E-state index is -0.244. The minimum absolute atomic E-state index is 0.244. The molecular formula is C13H14N4OS. The molecule has 2 aromatic rings. The number of hydrogen-bond donors (Lipinski definition) is 2. The van der Waals surface area contributed by atoms with Crippen LogP contribution in [0.5, 0.6) is 0 Å². The highest BCUT2D eigenvalue weighted by molar-refractivity contribution is 7.80. The summed E-state index contributed by atoms with van der Waals surface area (Å²) in [6, 6.07) is 8.88. The molecule has 0 saturated carbocycles. The summed E-state index contributed by atoms with van der Waals surface area (Å²) in [7, 11) is 1.72. The van der Waals surface area contributed by atoms with Crippen LogP contribution in [0.2, 0.25) is 0 Å². The van der Waals surface area contributed by atoms with Crippen LogP contribution in [0.3, 0.4) is 0 Å². The van der Waals surface area contributed by atoms with E-state index >= 15 is 0 Å². The third kappa shape index (κ3) is 2.79. The van der Waals surface area contributed by atoms with E-state index in [0.29, 0.717) is 16.9 Å². The average Bonchev–Trinajstić information content (AvgIpc) is 2.69. The van der Waals surface area contributed by atoms with Gasteiger partial charge >= 0.3 is 0 Å². The molecule has 0 saturated heterocycles. The Labute approximate surface area is 116 Å². The van der Waals surface area contributed by atoms with Crippen molar-refractivity contribution in [2.24, 2.45) is 12.8 Å². The Bertz CT molecular complexity index is 648. The Hall–Kier alpha value is -2.21. The Morgan fingerprint density at radius 1 is 1.42 bits per heavy atom. The zero-order valence-electron chi connectivity index (χ0n) is 10.7. The molecule has 0 aliphatic heterocycles. The van der Waals surface area contributed by atoms with Crippen molar-refractivity contribution in [2.75, 3.05) is 5.32 Å². The number of hydrogen-bond acceptors (Lipinski definition) is 3. The normalized spacial score (nSPS) is 10.2. The largest absolute Gasteiger partial charge is 0.389 e. The van der Waals surface area contributed by atoms with E-state index in [-0.39, 0.29) is 10.9 Å². The number of aromatic nitrogens is 2. The summed E-state index contributed by atoms with van der Waals surface area (Å²) >= 11 is 4.96. The van der Waals surface area contributed by atoms with Gasteiger partial charge in [0, 0.05) is 12.6 Å². The number of amides is 1. The molecule has 5 nitrogen and oxygen atoms in total. The van der Waals surface area contributed by atoms with E-state index < -0.39 is 0 Å². The number of rotatable bonds is 3. The molecule has 0 aliphatic carbocycles. The molecule has 0 radical (unpaired) electrons. The van der Waals surface area contributed by atoms with Crippen LogP contribution < -0.4 is 11.1 Å². The van der Waals surface area contributed by atoms with E-state index in [1.165, 1.54) is 4.68 Å². The maximum absolute atomic E-state index is 12.2. The number of benzene rings is 1. The van der Waals surface area contributed by atoms with Crippen LogP contribution in [0.4, 0.5) is 5.69 Å². The fourth-order valence-electron chi connectivity index (χ4n) is 1.82. The van der Waals surface area contributed by atoms with E-state index in [1.54, 1.807) is 25.2 Å². The summed E-state index contributed by atoms with van der Waals surface area (Å²) < 4.78 is 1.54. The lowest BCUT2D eigenvalue weighted by Gasteiger charge is -2.09. The van der Waals surface area contributed by atoms with Crippen LogP contribution in [-0.2, 0) is 7.05 Å². The summed E-state index contributed by atoms with van der Waals surface area (Å²) in [6.45, 7) is 1.83. The Balaban J connectivity index is 2.29. The topological polar surface area (TPSA) is 72.9 Å². The van der Waals surface area contributed by atoms with Crippen LogP contribution in [0.1, 0.15) is 21.7 Å². The molecule has 19 heavy (non-hydrogen) atoms. The van der Waals surface area contributed by atoms with Gasteiger partial charge in [0.15, 0.2) is 0 Å². The van der Waals surface area contributed by atoms with Crippen LogP contribution in [0, 0.1) is 6.92 Å². The van der Waals surface area contributed by atoms with Crippen molar-refractivity contribution in [1.82, 2.24) is 9.78 Å². The molecule has 0 fully saturated rings. The zero-order valence-corrected chi connectivity index (χ0v) is 11.5. The van der Waals surface area contributed by atoms with E-state index in [4.69, 9.17) is 18.0 Å². The summed E-state index contributed by atoms with van der Waals surface area (Å²) in [5.74, 6) is -0.244. The van der Waals surface area contributed by atoms with Gasteiger partial charge in [-0.3, -0.25) is 9.48 Å². The van der Waals surface area contributed by atoms with Crippen molar-refractivity contribution >= 4 is 28.8 Å². The van der Waals surface area contributed by atoms with Crippen LogP contribution in [0.15, 0.2) is 30.3 Å². The first-order valence-electron chi connectivity index (χ1n) is 5.70. The SMILES string of the molecule is Cc1cc(C(=O)Nc2ccccc2C(N)=S)n(C)n1. The maximum Gasteiger partial charge on any atom is 0.273 e. The maximum atomic E-state index is 12.2. The molecule has 1 heterocycles. The fraction of sp³-hybridized carbons (Fsp3) is 0.154. The van der Waals surface area contributed by atoms with Crippen molar-refractivity contribution < 1.29 is 4.79 Å². The molecule has 98 valence electrons. The number of nitrogens with zero attached hydrogens (tertiary/aromatic N) is 2. The first-order valence-corrected chi connectivity index (χ1v) is 6.10. The average molecular weight is 274 g/mol. The smallest absolute Gasteiger partial charge is 0.273 e. The van der Waals surface area contributed by atoms with Crippen LogP contribution >= 0.6 is 12.2 Å². The Morgan fingerprint density at radius 3 is 2.68 bits per heavy atom. The molecule has 0 spiro atoms. The predicted molar refractivity (Wildman–Crippen MR) is 78.2 cm³/mol. The van der Waals surface area contributed by atoms with Gasteiger partial charge in [0.25, 0.3) is 5.91 Å². The van der Waals surface area contributed by atoms with Gasteiger partial charge in [0.1, 0.15) is 10.7 Å². The van der Waals surface area contributed by atoms with Gasteiger partial charge in [-0.05, 0) is 25.1 Å². The van der Waals surface area contributed by atoms with Gasteiger partial charge in [-0.25, -0.2) is 0 Å². The number of nitrogens with one attached hydrogen (secondary N) is 1. The van der Waals surface area contributed by atoms with Gasteiger partial charge in [-0.15, -0.1) is 0 Å². The van der Waals surface area contributed by atoms with Crippen molar-refractivity contribution in [3.05, 3.63) is 47.3 Å². The number of para-hydroxylation sites is 1. The van der Waals surface area contributed by atoms with E-state index in [0.717, 1.165) is 5.69 Å². The highest BCUT2D eigenvalue weighted by Gasteiger charge is 2.14. The van der Waals surface area contributed by atoms with Crippen molar-refractivity contribution in [2.45, 2.75) is 6.92 Å². The molecule has 0 atom stereocenters. The minimum Gasteiger partial charge on any atom is -0.389 e. The lowest BCUT2D eigenvalue weighted by molar-refractivity contribution is 0.101. The second kappa shape index (κ2) is 5.19. The monoisotopic (exact) mass is 274 g/mol. The molecule has 0 bridgehead atoms. The predicted octanol–water partition coefficient (Wildman–Crippen LogP) is 1.62. The Kier molecular flexibility index (Phi) is 3.62. The molecule has 0 unspecified atom stereocenters. The molecule has 1 aromatic heterocycles. The molecule has 1 amide bonds. The quantitative estimate of drug-likeness (QED) is 0.834. The third-order valence-corrected chi connectivity index (χ3v) is 2.90. The fourth-order valence-corrected chi connectivity index (χ4v) is 1.99. The van der Waals surface area contributed by atoms with Crippen LogP contribution in [0.25, 0.3) is 0 Å². The molecule has 2 rings (SSSR count). The molecule has 1 aromatic carbocycles. The van der Waals surface area contributed by atoms with Crippen molar-refractivity contribution in [3.8, 4) is 0 Å². The lowest BCUT2D eigenvalue weighted by Crippen LogP contribution is -2.19. The number of nitrogens with two attached hydrogens (primary N) is 1. The summed E-state index contributed by atoms with van der Waals surface area (Å²) in [5, 5.41) is 6.93. The number of thiocarbonyl (C=S) groups is 1. The first kappa shape index (κ1) is 13.2. The van der Waals surface area contributed by atoms with E-state index in [9.17, 15) is 4.79 Å². The summed E-state index contributed by atoms with van der Waals surface area (Å²) in [6.07, 6.45) is 0. The lowest BCUT2D eigenvalue weighted by atomic mass is 10.1. The number of anilines is 1. The Morgan fingerprint density at radius 2 is 2.11 bits per heavy atom. The van der Waals surface area contributed by atoms with Crippen molar-refractivity contribution in [1.29, 1.82) is 0 Å². The second-order valence-corrected chi connectivity index (χ2v) is 4.60. The first-order chi connectivity index (χ1) is 8.99. The summed E-state index contributed by atoms with van der Waals surface area (Å²) in [4.78, 5) is 12.4. The highest BCUT2D eigenvalue weighted by Crippen LogP contribution is 2.16. The third-order valence-electron chi connectivity index (χ3n) is 2.68. The number of carbonyl (C=O) groups excluding carboxylic acids is 1. The van der Waals surface area contributed by atoms with Gasteiger partial charge in [-0.1, -0.05) is 24.4 Å². The highest BCUT2D eigenvalue weighted by atomic mass is 32.1. The van der Waals surface area contributed by atoms with Gasteiger partial charge in [0.2, 0.25) is 0 Å². The molecule has 3 N–H and O–H groups in total. The van der Waals surface area contributed by atoms with Crippen LogP contribution in [-0.4, -0.2) is 20.7 Å². The standard InChI is InChI=1S/C13H14N4OS/c1-8-7-11(17(2)16-8)13(18)15-10-6-4-3-5-9(10)12(14)19/h3-7H,1-2H3,(H2,14,19)(H,15,18). The number of aryl methyl sites for hydroxylation is 2. The molecule has 0 aliphatic rings. The number of carbonyl (C=O) groups is 1. The van der Waals surface area contributed by atoms with E-state index in [1.807, 2.05) is 19.1 Å². The zero-order chi connectivity index (χ0) is 14.0. The van der Waals surface area contributed by atoms with Gasteiger partial charge in [-0.2, -0.15) is 5.10 Å². The van der Waals surface area contributed by atoms with E-state index in [2.05, 4.69) is 10.4 Å². The van der Waals surface area contributed by atoms with Gasteiger partial charge in [0.05, 0.1) is 11.4 Å².